The molecule has 1 amide bonds. The van der Waals surface area contributed by atoms with E-state index in [1.54, 1.807) is 29.2 Å². The van der Waals surface area contributed by atoms with Gasteiger partial charge < -0.3 is 4.90 Å². The van der Waals surface area contributed by atoms with Crippen molar-refractivity contribution in [1.29, 1.82) is 0 Å². The second-order valence-corrected chi connectivity index (χ2v) is 7.13. The van der Waals surface area contributed by atoms with Crippen LogP contribution < -0.4 is 0 Å². The van der Waals surface area contributed by atoms with Crippen LogP contribution in [-0.4, -0.2) is 43.5 Å². The van der Waals surface area contributed by atoms with Gasteiger partial charge in [-0.05, 0) is 49.6 Å². The van der Waals surface area contributed by atoms with Crippen molar-refractivity contribution in [3.63, 3.8) is 0 Å². The number of benzene rings is 1. The number of piperidine rings is 1. The highest BCUT2D eigenvalue weighted by Gasteiger charge is 2.26. The Kier molecular flexibility index (Phi) is 4.51. The number of hydrogen-bond acceptors (Lipinski definition) is 3. The number of nitrogens with zero attached hydrogens (tertiary/aromatic N) is 5. The number of aryl methyl sites for hydroxylation is 1. The summed E-state index contributed by atoms with van der Waals surface area (Å²) in [6, 6.07) is 7.59. The van der Waals surface area contributed by atoms with Gasteiger partial charge in [-0.3, -0.25) is 9.48 Å². The molecule has 0 aliphatic carbocycles. The van der Waals surface area contributed by atoms with Crippen LogP contribution in [0.1, 0.15) is 34.8 Å². The van der Waals surface area contributed by atoms with E-state index in [1.165, 1.54) is 0 Å². The molecule has 0 spiro atoms. The summed E-state index contributed by atoms with van der Waals surface area (Å²) < 4.78 is 3.67. The van der Waals surface area contributed by atoms with E-state index in [4.69, 9.17) is 11.6 Å². The number of rotatable bonds is 3. The maximum absolute atomic E-state index is 12.9. The fraction of sp³-hybridized carbons (Fsp3) is 0.316. The van der Waals surface area contributed by atoms with Gasteiger partial charge in [0, 0.05) is 30.5 Å². The van der Waals surface area contributed by atoms with Gasteiger partial charge in [0.25, 0.3) is 5.91 Å². The summed E-state index contributed by atoms with van der Waals surface area (Å²) in [7, 11) is 0. The second-order valence-electron chi connectivity index (χ2n) is 6.69. The smallest absolute Gasteiger partial charge is 0.257 e. The van der Waals surface area contributed by atoms with Gasteiger partial charge in [-0.1, -0.05) is 11.6 Å². The fourth-order valence-electron chi connectivity index (χ4n) is 3.34. The van der Waals surface area contributed by atoms with Crippen LogP contribution in [0.25, 0.3) is 5.69 Å². The van der Waals surface area contributed by atoms with E-state index < -0.39 is 0 Å². The molecule has 1 aliphatic rings. The monoisotopic (exact) mass is 369 g/mol. The third kappa shape index (κ3) is 3.37. The molecule has 134 valence electrons. The Morgan fingerprint density at radius 3 is 2.69 bits per heavy atom. The lowest BCUT2D eigenvalue weighted by atomic mass is 10.1. The lowest BCUT2D eigenvalue weighted by Gasteiger charge is -2.32. The van der Waals surface area contributed by atoms with Crippen LogP contribution in [0.2, 0.25) is 5.02 Å². The molecule has 1 atom stereocenters. The Morgan fingerprint density at radius 2 is 1.96 bits per heavy atom. The number of likely N-dealkylation sites (tertiary alicyclic amines) is 1. The zero-order chi connectivity index (χ0) is 18.1. The molecule has 0 bridgehead atoms. The quantitative estimate of drug-likeness (QED) is 0.710. The van der Waals surface area contributed by atoms with E-state index in [9.17, 15) is 4.79 Å². The summed E-state index contributed by atoms with van der Waals surface area (Å²) in [5, 5.41) is 9.40. The van der Waals surface area contributed by atoms with Crippen molar-refractivity contribution >= 4 is 17.5 Å². The number of carbonyl (C=O) groups is 1. The Balaban J connectivity index is 1.49. The maximum Gasteiger partial charge on any atom is 0.257 e. The normalized spacial score (nSPS) is 17.5. The first-order chi connectivity index (χ1) is 12.6. The first-order valence-electron chi connectivity index (χ1n) is 8.71. The molecule has 0 saturated carbocycles. The minimum atomic E-state index is 0.0128. The molecule has 1 aromatic carbocycles. The molecule has 2 aromatic heterocycles. The van der Waals surface area contributed by atoms with Crippen molar-refractivity contribution in [3.8, 4) is 5.69 Å². The largest absolute Gasteiger partial charge is 0.336 e. The molecule has 1 saturated heterocycles. The highest BCUT2D eigenvalue weighted by molar-refractivity contribution is 6.30. The Hall–Kier alpha value is -2.60. The number of aromatic nitrogens is 4. The fourth-order valence-corrected chi connectivity index (χ4v) is 3.46. The highest BCUT2D eigenvalue weighted by Crippen LogP contribution is 2.23. The van der Waals surface area contributed by atoms with Crippen molar-refractivity contribution in [3.05, 3.63) is 65.2 Å². The first-order valence-corrected chi connectivity index (χ1v) is 9.08. The Labute approximate surface area is 157 Å². The van der Waals surface area contributed by atoms with E-state index in [-0.39, 0.29) is 11.9 Å². The van der Waals surface area contributed by atoms with E-state index in [2.05, 4.69) is 10.2 Å². The SMILES string of the molecule is Cc1cnn(C2CCCN(C(=O)c3cnn(-c4ccc(Cl)cc4)c3)C2)c1. The molecule has 6 nitrogen and oxygen atoms in total. The van der Waals surface area contributed by atoms with Crippen LogP contribution >= 0.6 is 11.6 Å². The van der Waals surface area contributed by atoms with Crippen molar-refractivity contribution in [1.82, 2.24) is 24.5 Å². The zero-order valence-corrected chi connectivity index (χ0v) is 15.3. The standard InChI is InChI=1S/C19H20ClN5O/c1-14-9-21-24(11-14)18-3-2-8-23(13-18)19(26)15-10-22-25(12-15)17-6-4-16(20)5-7-17/h4-7,9-12,18H,2-3,8,13H2,1H3. The van der Waals surface area contributed by atoms with Gasteiger partial charge in [-0.2, -0.15) is 10.2 Å². The highest BCUT2D eigenvalue weighted by atomic mass is 35.5. The average Bonchev–Trinajstić information content (AvgIpc) is 3.31. The number of carbonyl (C=O) groups excluding carboxylic acids is 1. The Morgan fingerprint density at radius 1 is 1.15 bits per heavy atom. The van der Waals surface area contributed by atoms with Gasteiger partial charge in [0.15, 0.2) is 0 Å². The zero-order valence-electron chi connectivity index (χ0n) is 14.5. The molecule has 0 N–H and O–H groups in total. The van der Waals surface area contributed by atoms with E-state index in [0.717, 1.165) is 30.6 Å². The minimum Gasteiger partial charge on any atom is -0.336 e. The van der Waals surface area contributed by atoms with Gasteiger partial charge in [0.05, 0.1) is 29.7 Å². The molecule has 4 rings (SSSR count). The lowest BCUT2D eigenvalue weighted by molar-refractivity contribution is 0.0673. The summed E-state index contributed by atoms with van der Waals surface area (Å²) in [4.78, 5) is 14.8. The van der Waals surface area contributed by atoms with Gasteiger partial charge in [-0.25, -0.2) is 4.68 Å². The summed E-state index contributed by atoms with van der Waals surface area (Å²) in [6.07, 6.45) is 9.30. The van der Waals surface area contributed by atoms with Crippen molar-refractivity contribution in [2.24, 2.45) is 0 Å². The van der Waals surface area contributed by atoms with E-state index in [0.29, 0.717) is 17.1 Å². The van der Waals surface area contributed by atoms with Crippen LogP contribution in [0.4, 0.5) is 0 Å². The van der Waals surface area contributed by atoms with E-state index >= 15 is 0 Å². The summed E-state index contributed by atoms with van der Waals surface area (Å²) >= 11 is 5.92. The van der Waals surface area contributed by atoms with Crippen LogP contribution in [0.5, 0.6) is 0 Å². The predicted octanol–water partition coefficient (Wildman–Crippen LogP) is 3.51. The number of amides is 1. The molecule has 1 fully saturated rings. The van der Waals surface area contributed by atoms with Crippen LogP contribution in [0.15, 0.2) is 49.1 Å². The number of hydrogen-bond donors (Lipinski definition) is 0. The summed E-state index contributed by atoms with van der Waals surface area (Å²) in [5.41, 5.74) is 2.60. The van der Waals surface area contributed by atoms with Crippen molar-refractivity contribution < 1.29 is 4.79 Å². The van der Waals surface area contributed by atoms with Crippen LogP contribution in [0.3, 0.4) is 0 Å². The lowest BCUT2D eigenvalue weighted by Crippen LogP contribution is -2.40. The maximum atomic E-state index is 12.9. The number of halogens is 1. The third-order valence-electron chi connectivity index (χ3n) is 4.71. The molecule has 0 radical (unpaired) electrons. The van der Waals surface area contributed by atoms with Crippen LogP contribution in [0, 0.1) is 6.92 Å². The average molecular weight is 370 g/mol. The van der Waals surface area contributed by atoms with Gasteiger partial charge in [0.2, 0.25) is 0 Å². The van der Waals surface area contributed by atoms with E-state index in [1.807, 2.05) is 41.0 Å². The Bertz CT molecular complexity index is 914. The second kappa shape index (κ2) is 6.96. The molecule has 3 aromatic rings. The molecule has 1 aliphatic heterocycles. The molecule has 1 unspecified atom stereocenters. The van der Waals surface area contributed by atoms with Crippen LogP contribution in [-0.2, 0) is 0 Å². The molecular weight excluding hydrogens is 350 g/mol. The van der Waals surface area contributed by atoms with Gasteiger partial charge in [-0.15, -0.1) is 0 Å². The topological polar surface area (TPSA) is 56.0 Å². The summed E-state index contributed by atoms with van der Waals surface area (Å²) in [6.45, 7) is 3.47. The third-order valence-corrected chi connectivity index (χ3v) is 4.96. The van der Waals surface area contributed by atoms with Gasteiger partial charge in [0.1, 0.15) is 0 Å². The predicted molar refractivity (Wildman–Crippen MR) is 99.7 cm³/mol. The molecule has 26 heavy (non-hydrogen) atoms. The minimum absolute atomic E-state index is 0.0128. The molecule has 7 heteroatoms. The molecular formula is C19H20ClN5O. The van der Waals surface area contributed by atoms with Crippen molar-refractivity contribution in [2.75, 3.05) is 13.1 Å². The summed E-state index contributed by atoms with van der Waals surface area (Å²) in [5.74, 6) is 0.0128. The van der Waals surface area contributed by atoms with Crippen molar-refractivity contribution in [2.45, 2.75) is 25.8 Å². The van der Waals surface area contributed by atoms with Gasteiger partial charge >= 0.3 is 0 Å². The first kappa shape index (κ1) is 16.8. The molecule has 3 heterocycles.